The van der Waals surface area contributed by atoms with E-state index in [1.54, 1.807) is 12.4 Å². The molecule has 2 aliphatic rings. The first-order valence-electron chi connectivity index (χ1n) is 9.74. The van der Waals surface area contributed by atoms with Gasteiger partial charge < -0.3 is 15.1 Å². The largest absolute Gasteiger partial charge is 0.370 e. The predicted octanol–water partition coefficient (Wildman–Crippen LogP) is 5.09. The Kier molecular flexibility index (Phi) is 5.48. The Labute approximate surface area is 165 Å². The van der Waals surface area contributed by atoms with Crippen LogP contribution in [-0.2, 0) is 0 Å². The van der Waals surface area contributed by atoms with Crippen LogP contribution in [0.4, 0.5) is 16.2 Å². The van der Waals surface area contributed by atoms with Gasteiger partial charge >= 0.3 is 6.03 Å². The van der Waals surface area contributed by atoms with Gasteiger partial charge in [-0.1, -0.05) is 11.6 Å². The SMILES string of the molecule is O=C(Nc1cc(Cl)ccc1N1CCCCC1)N1CCC[C@H]1c1ccncc1. The van der Waals surface area contributed by atoms with Gasteiger partial charge in [-0.05, 0) is 68.0 Å². The molecule has 0 radical (unpaired) electrons. The number of hydrogen-bond donors (Lipinski definition) is 1. The van der Waals surface area contributed by atoms with Gasteiger partial charge in [0.25, 0.3) is 0 Å². The average Bonchev–Trinajstić information content (AvgIpc) is 3.19. The van der Waals surface area contributed by atoms with Crippen LogP contribution in [0.25, 0.3) is 0 Å². The lowest BCUT2D eigenvalue weighted by molar-refractivity contribution is 0.207. The molecule has 3 heterocycles. The fraction of sp³-hybridized carbons (Fsp3) is 0.429. The lowest BCUT2D eigenvalue weighted by atomic mass is 10.1. The summed E-state index contributed by atoms with van der Waals surface area (Å²) >= 11 is 6.23. The highest BCUT2D eigenvalue weighted by atomic mass is 35.5. The third-order valence-electron chi connectivity index (χ3n) is 5.50. The van der Waals surface area contributed by atoms with Crippen molar-refractivity contribution in [2.75, 3.05) is 29.9 Å². The van der Waals surface area contributed by atoms with Gasteiger partial charge in [-0.3, -0.25) is 4.98 Å². The molecule has 5 nitrogen and oxygen atoms in total. The molecule has 1 aromatic carbocycles. The second-order valence-electron chi connectivity index (χ2n) is 7.27. The van der Waals surface area contributed by atoms with Gasteiger partial charge in [0.1, 0.15) is 0 Å². The van der Waals surface area contributed by atoms with Crippen molar-refractivity contribution in [1.29, 1.82) is 0 Å². The molecule has 2 amide bonds. The van der Waals surface area contributed by atoms with E-state index >= 15 is 0 Å². The Bertz CT molecular complexity index is 792. The summed E-state index contributed by atoms with van der Waals surface area (Å²) in [6.07, 6.45) is 9.21. The molecular formula is C21H25ClN4O. The van der Waals surface area contributed by atoms with Crippen molar-refractivity contribution in [3.8, 4) is 0 Å². The first-order chi connectivity index (χ1) is 13.2. The first kappa shape index (κ1) is 18.1. The monoisotopic (exact) mass is 384 g/mol. The summed E-state index contributed by atoms with van der Waals surface area (Å²) in [5.41, 5.74) is 3.00. The smallest absolute Gasteiger partial charge is 0.322 e. The van der Waals surface area contributed by atoms with Gasteiger partial charge in [0.15, 0.2) is 0 Å². The number of aromatic nitrogens is 1. The van der Waals surface area contributed by atoms with Crippen molar-refractivity contribution in [3.63, 3.8) is 0 Å². The van der Waals surface area contributed by atoms with Crippen LogP contribution >= 0.6 is 11.6 Å². The molecule has 2 aliphatic heterocycles. The van der Waals surface area contributed by atoms with E-state index in [4.69, 9.17) is 11.6 Å². The zero-order valence-electron chi connectivity index (χ0n) is 15.4. The third-order valence-corrected chi connectivity index (χ3v) is 5.74. The highest BCUT2D eigenvalue weighted by Crippen LogP contribution is 2.35. The minimum Gasteiger partial charge on any atom is -0.370 e. The van der Waals surface area contributed by atoms with Gasteiger partial charge in [0.05, 0.1) is 17.4 Å². The van der Waals surface area contributed by atoms with E-state index in [-0.39, 0.29) is 12.1 Å². The standard InChI is InChI=1S/C21H25ClN4O/c22-17-6-7-20(25-12-2-1-3-13-25)18(15-17)24-21(27)26-14-4-5-19(26)16-8-10-23-11-9-16/h6-11,15,19H,1-5,12-14H2,(H,24,27)/t19-/m0/s1. The Morgan fingerprint density at radius 1 is 1.04 bits per heavy atom. The number of piperidine rings is 1. The fourth-order valence-electron chi connectivity index (χ4n) is 4.15. The van der Waals surface area contributed by atoms with Crippen LogP contribution in [-0.4, -0.2) is 35.5 Å². The number of pyridine rings is 1. The molecular weight excluding hydrogens is 360 g/mol. The van der Waals surface area contributed by atoms with Crippen molar-refractivity contribution in [3.05, 3.63) is 53.3 Å². The Balaban J connectivity index is 1.54. The molecule has 1 N–H and O–H groups in total. The number of nitrogens with one attached hydrogen (secondary N) is 1. The number of urea groups is 1. The number of carbonyl (C=O) groups is 1. The summed E-state index contributed by atoms with van der Waals surface area (Å²) < 4.78 is 0. The second-order valence-corrected chi connectivity index (χ2v) is 7.71. The van der Waals surface area contributed by atoms with Crippen LogP contribution in [0.5, 0.6) is 0 Å². The van der Waals surface area contributed by atoms with Crippen molar-refractivity contribution in [2.45, 2.75) is 38.1 Å². The normalized spacial score (nSPS) is 20.0. The lowest BCUT2D eigenvalue weighted by Gasteiger charge is -2.31. The van der Waals surface area contributed by atoms with E-state index in [9.17, 15) is 4.79 Å². The van der Waals surface area contributed by atoms with E-state index in [0.29, 0.717) is 5.02 Å². The average molecular weight is 385 g/mol. The third kappa shape index (κ3) is 4.03. The van der Waals surface area contributed by atoms with Crippen molar-refractivity contribution in [2.24, 2.45) is 0 Å². The molecule has 1 aromatic heterocycles. The molecule has 0 saturated carbocycles. The van der Waals surface area contributed by atoms with Crippen molar-refractivity contribution < 1.29 is 4.79 Å². The Morgan fingerprint density at radius 3 is 2.59 bits per heavy atom. The highest BCUT2D eigenvalue weighted by Gasteiger charge is 2.30. The summed E-state index contributed by atoms with van der Waals surface area (Å²) in [4.78, 5) is 21.4. The number of carbonyl (C=O) groups excluding carboxylic acids is 1. The first-order valence-corrected chi connectivity index (χ1v) is 10.1. The van der Waals surface area contributed by atoms with Crippen LogP contribution in [0.15, 0.2) is 42.7 Å². The number of anilines is 2. The molecule has 4 rings (SSSR count). The number of rotatable bonds is 3. The summed E-state index contributed by atoms with van der Waals surface area (Å²) in [6.45, 7) is 2.81. The van der Waals surface area contributed by atoms with E-state index in [1.165, 1.54) is 19.3 Å². The van der Waals surface area contributed by atoms with E-state index < -0.39 is 0 Å². The number of benzene rings is 1. The quantitative estimate of drug-likeness (QED) is 0.801. The molecule has 6 heteroatoms. The van der Waals surface area contributed by atoms with Gasteiger partial charge in [0, 0.05) is 37.1 Å². The Morgan fingerprint density at radius 2 is 1.81 bits per heavy atom. The van der Waals surface area contributed by atoms with Crippen LogP contribution in [0.3, 0.4) is 0 Å². The number of halogens is 1. The van der Waals surface area contributed by atoms with Gasteiger partial charge in [-0.2, -0.15) is 0 Å². The van der Waals surface area contributed by atoms with Crippen molar-refractivity contribution in [1.82, 2.24) is 9.88 Å². The topological polar surface area (TPSA) is 48.5 Å². The summed E-state index contributed by atoms with van der Waals surface area (Å²) in [5.74, 6) is 0. The molecule has 1 atom stereocenters. The number of nitrogens with zero attached hydrogens (tertiary/aromatic N) is 3. The summed E-state index contributed by atoms with van der Waals surface area (Å²) in [5, 5.41) is 3.77. The minimum atomic E-state index is -0.0603. The Hall–Kier alpha value is -2.27. The second kappa shape index (κ2) is 8.17. The fourth-order valence-corrected chi connectivity index (χ4v) is 4.32. The highest BCUT2D eigenvalue weighted by molar-refractivity contribution is 6.31. The molecule has 0 aliphatic carbocycles. The maximum absolute atomic E-state index is 13.1. The lowest BCUT2D eigenvalue weighted by Crippen LogP contribution is -2.35. The van der Waals surface area contributed by atoms with E-state index in [2.05, 4.69) is 15.2 Å². The molecule has 0 spiro atoms. The minimum absolute atomic E-state index is 0.0603. The van der Waals surface area contributed by atoms with Crippen molar-refractivity contribution >= 4 is 29.0 Å². The van der Waals surface area contributed by atoms with Crippen LogP contribution < -0.4 is 10.2 Å². The van der Waals surface area contributed by atoms with Crippen LogP contribution in [0.2, 0.25) is 5.02 Å². The van der Waals surface area contributed by atoms with E-state index in [1.807, 2.05) is 35.2 Å². The molecule has 0 bridgehead atoms. The number of hydrogen-bond acceptors (Lipinski definition) is 3. The maximum atomic E-state index is 13.1. The molecule has 27 heavy (non-hydrogen) atoms. The molecule has 2 fully saturated rings. The number of likely N-dealkylation sites (tertiary alicyclic amines) is 1. The zero-order chi connectivity index (χ0) is 18.6. The van der Waals surface area contributed by atoms with Crippen LogP contribution in [0, 0.1) is 0 Å². The molecule has 0 unspecified atom stereocenters. The van der Waals surface area contributed by atoms with Crippen LogP contribution in [0.1, 0.15) is 43.7 Å². The maximum Gasteiger partial charge on any atom is 0.322 e. The summed E-state index contributed by atoms with van der Waals surface area (Å²) in [7, 11) is 0. The molecule has 142 valence electrons. The van der Waals surface area contributed by atoms with E-state index in [0.717, 1.165) is 49.4 Å². The van der Waals surface area contributed by atoms with Gasteiger partial charge in [-0.25, -0.2) is 4.79 Å². The number of amides is 2. The van der Waals surface area contributed by atoms with Gasteiger partial charge in [0.2, 0.25) is 0 Å². The molecule has 2 saturated heterocycles. The summed E-state index contributed by atoms with van der Waals surface area (Å²) in [6, 6.07) is 9.81. The molecule has 2 aromatic rings. The predicted molar refractivity (Wildman–Crippen MR) is 109 cm³/mol. The van der Waals surface area contributed by atoms with Gasteiger partial charge in [-0.15, -0.1) is 0 Å². The zero-order valence-corrected chi connectivity index (χ0v) is 16.2.